The fourth-order valence-electron chi connectivity index (χ4n) is 2.94. The number of carbonyl (C=O) groups is 1. The zero-order chi connectivity index (χ0) is 17.2. The van der Waals surface area contributed by atoms with Gasteiger partial charge in [0.15, 0.2) is 0 Å². The second-order valence-corrected chi connectivity index (χ2v) is 7.77. The molecule has 1 aliphatic heterocycles. The maximum absolute atomic E-state index is 12.8. The standard InChI is InChI=1S/C17H21N3O3S/c18-8-7-17(21)19-9-11-20(12-10-19)24(22,23)16-6-5-14-3-1-2-4-15(14)13-16/h1-6,13H,7-12,18H2. The summed E-state index contributed by atoms with van der Waals surface area (Å²) in [6.07, 6.45) is 0.303. The molecule has 1 heterocycles. The molecule has 1 saturated heterocycles. The monoisotopic (exact) mass is 347 g/mol. The molecular formula is C17H21N3O3S. The number of sulfonamides is 1. The fourth-order valence-corrected chi connectivity index (χ4v) is 4.39. The summed E-state index contributed by atoms with van der Waals surface area (Å²) in [6.45, 7) is 1.75. The molecule has 0 atom stereocenters. The number of amides is 1. The third-order valence-corrected chi connectivity index (χ3v) is 6.20. The number of hydrogen-bond acceptors (Lipinski definition) is 4. The van der Waals surface area contributed by atoms with Gasteiger partial charge in [-0.1, -0.05) is 30.3 Å². The fraction of sp³-hybridized carbons (Fsp3) is 0.353. The Kier molecular flexibility index (Phi) is 4.84. The SMILES string of the molecule is NCCC(=O)N1CCN(S(=O)(=O)c2ccc3ccccc3c2)CC1. The molecule has 24 heavy (non-hydrogen) atoms. The summed E-state index contributed by atoms with van der Waals surface area (Å²) < 4.78 is 27.1. The van der Waals surface area contributed by atoms with Crippen molar-refractivity contribution < 1.29 is 13.2 Å². The molecule has 2 N–H and O–H groups in total. The molecule has 128 valence electrons. The maximum Gasteiger partial charge on any atom is 0.243 e. The van der Waals surface area contributed by atoms with Gasteiger partial charge in [0, 0.05) is 39.1 Å². The van der Waals surface area contributed by atoms with Crippen LogP contribution in [0.3, 0.4) is 0 Å². The number of benzene rings is 2. The molecule has 1 amide bonds. The van der Waals surface area contributed by atoms with Gasteiger partial charge in [-0.3, -0.25) is 4.79 Å². The van der Waals surface area contributed by atoms with E-state index in [2.05, 4.69) is 0 Å². The van der Waals surface area contributed by atoms with Gasteiger partial charge in [-0.25, -0.2) is 8.42 Å². The topological polar surface area (TPSA) is 83.7 Å². The molecule has 0 bridgehead atoms. The number of hydrogen-bond donors (Lipinski definition) is 1. The minimum atomic E-state index is -3.54. The van der Waals surface area contributed by atoms with Gasteiger partial charge in [-0.15, -0.1) is 0 Å². The van der Waals surface area contributed by atoms with Gasteiger partial charge in [0.1, 0.15) is 0 Å². The van der Waals surface area contributed by atoms with Gasteiger partial charge >= 0.3 is 0 Å². The van der Waals surface area contributed by atoms with Crippen molar-refractivity contribution in [3.8, 4) is 0 Å². The first kappa shape index (κ1) is 16.9. The Morgan fingerprint density at radius 1 is 1.00 bits per heavy atom. The Morgan fingerprint density at radius 2 is 1.67 bits per heavy atom. The zero-order valence-electron chi connectivity index (χ0n) is 13.4. The van der Waals surface area contributed by atoms with Crippen LogP contribution in [0, 0.1) is 0 Å². The van der Waals surface area contributed by atoms with E-state index < -0.39 is 10.0 Å². The molecule has 6 nitrogen and oxygen atoms in total. The Labute approximate surface area is 141 Å². The molecule has 0 unspecified atom stereocenters. The lowest BCUT2D eigenvalue weighted by Gasteiger charge is -2.34. The van der Waals surface area contributed by atoms with E-state index in [-0.39, 0.29) is 5.91 Å². The molecule has 2 aromatic carbocycles. The predicted octanol–water partition coefficient (Wildman–Crippen LogP) is 1.02. The first-order valence-corrected chi connectivity index (χ1v) is 9.43. The molecule has 0 saturated carbocycles. The molecule has 1 fully saturated rings. The first-order valence-electron chi connectivity index (χ1n) is 7.99. The van der Waals surface area contributed by atoms with E-state index in [1.807, 2.05) is 30.3 Å². The van der Waals surface area contributed by atoms with Gasteiger partial charge in [-0.2, -0.15) is 4.31 Å². The summed E-state index contributed by atoms with van der Waals surface area (Å²) in [5, 5.41) is 1.91. The van der Waals surface area contributed by atoms with Crippen LogP contribution in [0.25, 0.3) is 10.8 Å². The highest BCUT2D eigenvalue weighted by Crippen LogP contribution is 2.22. The minimum Gasteiger partial charge on any atom is -0.340 e. The van der Waals surface area contributed by atoms with Gasteiger partial charge < -0.3 is 10.6 Å². The number of nitrogens with two attached hydrogens (primary N) is 1. The lowest BCUT2D eigenvalue weighted by atomic mass is 10.1. The van der Waals surface area contributed by atoms with E-state index in [0.29, 0.717) is 44.0 Å². The van der Waals surface area contributed by atoms with Crippen molar-refractivity contribution >= 4 is 26.7 Å². The molecule has 0 radical (unpaired) electrons. The number of carbonyl (C=O) groups excluding carboxylic acids is 1. The van der Waals surface area contributed by atoms with Gasteiger partial charge in [0.05, 0.1) is 4.90 Å². The van der Waals surface area contributed by atoms with Crippen LogP contribution >= 0.6 is 0 Å². The maximum atomic E-state index is 12.8. The lowest BCUT2D eigenvalue weighted by Crippen LogP contribution is -2.50. The van der Waals surface area contributed by atoms with Crippen LogP contribution in [0.1, 0.15) is 6.42 Å². The van der Waals surface area contributed by atoms with Crippen LogP contribution in [-0.2, 0) is 14.8 Å². The Hall–Kier alpha value is -1.96. The smallest absolute Gasteiger partial charge is 0.243 e. The molecular weight excluding hydrogens is 326 g/mol. The third kappa shape index (κ3) is 3.28. The van der Waals surface area contributed by atoms with Crippen LogP contribution in [-0.4, -0.2) is 56.3 Å². The summed E-state index contributed by atoms with van der Waals surface area (Å²) >= 11 is 0. The highest BCUT2D eigenvalue weighted by molar-refractivity contribution is 7.89. The van der Waals surface area contributed by atoms with Crippen LogP contribution in [0.2, 0.25) is 0 Å². The van der Waals surface area contributed by atoms with Crippen molar-refractivity contribution in [1.82, 2.24) is 9.21 Å². The Bertz CT molecular complexity index is 843. The van der Waals surface area contributed by atoms with E-state index in [4.69, 9.17) is 5.73 Å². The van der Waals surface area contributed by atoms with Gasteiger partial charge in [0.25, 0.3) is 0 Å². The normalized spacial score (nSPS) is 16.5. The van der Waals surface area contributed by atoms with E-state index >= 15 is 0 Å². The molecule has 0 aliphatic carbocycles. The summed E-state index contributed by atoms with van der Waals surface area (Å²) in [5.74, 6) is -0.0137. The first-order chi connectivity index (χ1) is 11.5. The minimum absolute atomic E-state index is 0.0137. The van der Waals surface area contributed by atoms with Crippen LogP contribution < -0.4 is 5.73 Å². The second kappa shape index (κ2) is 6.88. The van der Waals surface area contributed by atoms with Crippen LogP contribution in [0.15, 0.2) is 47.4 Å². The van der Waals surface area contributed by atoms with E-state index in [1.54, 1.807) is 17.0 Å². The number of nitrogens with zero attached hydrogens (tertiary/aromatic N) is 2. The van der Waals surface area contributed by atoms with Crippen molar-refractivity contribution in [1.29, 1.82) is 0 Å². The summed E-state index contributed by atoms with van der Waals surface area (Å²) in [6, 6.07) is 12.8. The summed E-state index contributed by atoms with van der Waals surface area (Å²) in [5.41, 5.74) is 5.40. The van der Waals surface area contributed by atoms with E-state index in [1.165, 1.54) is 4.31 Å². The zero-order valence-corrected chi connectivity index (χ0v) is 14.2. The molecule has 0 aromatic heterocycles. The van der Waals surface area contributed by atoms with Gasteiger partial charge in [0.2, 0.25) is 15.9 Å². The van der Waals surface area contributed by atoms with Crippen molar-refractivity contribution in [2.75, 3.05) is 32.7 Å². The van der Waals surface area contributed by atoms with Gasteiger partial charge in [-0.05, 0) is 22.9 Å². The molecule has 7 heteroatoms. The Balaban J connectivity index is 1.77. The largest absolute Gasteiger partial charge is 0.340 e. The second-order valence-electron chi connectivity index (χ2n) is 5.83. The Morgan fingerprint density at radius 3 is 2.33 bits per heavy atom. The van der Waals surface area contributed by atoms with E-state index in [0.717, 1.165) is 10.8 Å². The summed E-state index contributed by atoms with van der Waals surface area (Å²) in [7, 11) is -3.54. The van der Waals surface area contributed by atoms with Crippen molar-refractivity contribution in [3.63, 3.8) is 0 Å². The lowest BCUT2D eigenvalue weighted by molar-refractivity contribution is -0.132. The van der Waals surface area contributed by atoms with Crippen LogP contribution in [0.4, 0.5) is 0 Å². The average Bonchev–Trinajstić information content (AvgIpc) is 2.61. The molecule has 2 aromatic rings. The average molecular weight is 347 g/mol. The molecule has 0 spiro atoms. The van der Waals surface area contributed by atoms with Crippen molar-refractivity contribution in [3.05, 3.63) is 42.5 Å². The number of fused-ring (bicyclic) bond motifs is 1. The quantitative estimate of drug-likeness (QED) is 0.895. The molecule has 3 rings (SSSR count). The predicted molar refractivity (Wildman–Crippen MR) is 93.0 cm³/mol. The number of piperazine rings is 1. The third-order valence-electron chi connectivity index (χ3n) is 4.31. The number of rotatable bonds is 4. The highest BCUT2D eigenvalue weighted by atomic mass is 32.2. The summed E-state index contributed by atoms with van der Waals surface area (Å²) in [4.78, 5) is 13.8. The van der Waals surface area contributed by atoms with E-state index in [9.17, 15) is 13.2 Å². The van der Waals surface area contributed by atoms with Crippen molar-refractivity contribution in [2.24, 2.45) is 5.73 Å². The van der Waals surface area contributed by atoms with Crippen LogP contribution in [0.5, 0.6) is 0 Å². The van der Waals surface area contributed by atoms with Crippen molar-refractivity contribution in [2.45, 2.75) is 11.3 Å². The molecule has 1 aliphatic rings. The highest BCUT2D eigenvalue weighted by Gasteiger charge is 2.29.